The Hall–Kier alpha value is -2.21. The lowest BCUT2D eigenvalue weighted by Crippen LogP contribution is -2.29. The van der Waals surface area contributed by atoms with Gasteiger partial charge in [-0.1, -0.05) is 12.1 Å². The summed E-state index contributed by atoms with van der Waals surface area (Å²) in [4.78, 5) is 14.1. The minimum atomic E-state index is -0.182. The average molecular weight is 344 g/mol. The molecular formula is C19H25FN4O. The van der Waals surface area contributed by atoms with Crippen LogP contribution in [0.5, 0.6) is 0 Å². The number of amides is 1. The average Bonchev–Trinajstić information content (AvgIpc) is 3.04. The van der Waals surface area contributed by atoms with Gasteiger partial charge in [-0.3, -0.25) is 9.48 Å². The Morgan fingerprint density at radius 3 is 2.72 bits per heavy atom. The molecule has 5 nitrogen and oxygen atoms in total. The molecule has 134 valence electrons. The number of aryl methyl sites for hydroxylation is 2. The topological polar surface area (TPSA) is 50.2 Å². The molecule has 1 saturated heterocycles. The Bertz CT molecular complexity index is 786. The van der Waals surface area contributed by atoms with E-state index in [0.29, 0.717) is 18.5 Å². The highest BCUT2D eigenvalue weighted by atomic mass is 19.1. The van der Waals surface area contributed by atoms with Gasteiger partial charge in [0.15, 0.2) is 0 Å². The fourth-order valence-corrected chi connectivity index (χ4v) is 3.62. The Kier molecular flexibility index (Phi) is 4.90. The van der Waals surface area contributed by atoms with E-state index in [1.54, 1.807) is 13.0 Å². The summed E-state index contributed by atoms with van der Waals surface area (Å²) in [5.41, 5.74) is 3.90. The van der Waals surface area contributed by atoms with E-state index < -0.39 is 0 Å². The van der Waals surface area contributed by atoms with Crippen molar-refractivity contribution < 1.29 is 9.18 Å². The van der Waals surface area contributed by atoms with Gasteiger partial charge in [0.1, 0.15) is 5.82 Å². The number of nitrogens with one attached hydrogen (secondary N) is 1. The molecule has 0 unspecified atom stereocenters. The van der Waals surface area contributed by atoms with E-state index in [2.05, 4.69) is 10.4 Å². The highest BCUT2D eigenvalue weighted by Gasteiger charge is 2.39. The van der Waals surface area contributed by atoms with Crippen LogP contribution in [0.1, 0.15) is 34.8 Å². The van der Waals surface area contributed by atoms with E-state index in [1.807, 2.05) is 42.9 Å². The normalized spacial score (nSPS) is 20.5. The summed E-state index contributed by atoms with van der Waals surface area (Å²) >= 11 is 0. The largest absolute Gasteiger partial charge is 0.338 e. The number of hydrogen-bond acceptors (Lipinski definition) is 3. The van der Waals surface area contributed by atoms with Crippen molar-refractivity contribution in [1.82, 2.24) is 20.0 Å². The van der Waals surface area contributed by atoms with Crippen LogP contribution in [0.4, 0.5) is 4.39 Å². The van der Waals surface area contributed by atoms with E-state index in [4.69, 9.17) is 0 Å². The maximum Gasteiger partial charge on any atom is 0.223 e. The van der Waals surface area contributed by atoms with Crippen LogP contribution >= 0.6 is 0 Å². The Morgan fingerprint density at radius 2 is 2.08 bits per heavy atom. The molecule has 2 aromatic rings. The molecule has 0 spiro atoms. The molecule has 1 fully saturated rings. The van der Waals surface area contributed by atoms with Crippen LogP contribution in [0.25, 0.3) is 0 Å². The minimum Gasteiger partial charge on any atom is -0.338 e. The highest BCUT2D eigenvalue weighted by Crippen LogP contribution is 2.37. The number of carbonyl (C=O) groups excluding carboxylic acids is 1. The quantitative estimate of drug-likeness (QED) is 0.907. The zero-order valence-corrected chi connectivity index (χ0v) is 15.2. The number of aromatic nitrogens is 2. The van der Waals surface area contributed by atoms with Crippen LogP contribution in [-0.2, 0) is 18.4 Å². The first-order chi connectivity index (χ1) is 11.9. The lowest BCUT2D eigenvalue weighted by Gasteiger charge is -2.25. The van der Waals surface area contributed by atoms with E-state index in [9.17, 15) is 9.18 Å². The molecule has 3 rings (SSSR count). The zero-order valence-electron chi connectivity index (χ0n) is 15.2. The Balaban J connectivity index is 1.68. The minimum absolute atomic E-state index is 0.0450. The molecular weight excluding hydrogens is 319 g/mol. The second kappa shape index (κ2) is 6.96. The number of halogens is 1. The Morgan fingerprint density at radius 1 is 1.32 bits per heavy atom. The first kappa shape index (κ1) is 17.6. The number of rotatable bonds is 5. The van der Waals surface area contributed by atoms with Crippen molar-refractivity contribution in [2.75, 3.05) is 13.6 Å². The molecule has 1 aromatic carbocycles. The summed E-state index contributed by atoms with van der Waals surface area (Å²) in [6, 6.07) is 5.20. The SMILES string of the molecule is Cc1cc(CNC[C@H]2CC(=O)N(C)[C@@H]2c2cnn(C)c2C)ccc1F. The summed E-state index contributed by atoms with van der Waals surface area (Å²) in [6.07, 6.45) is 2.40. The third-order valence-electron chi connectivity index (χ3n) is 5.24. The van der Waals surface area contributed by atoms with Gasteiger partial charge in [0.2, 0.25) is 5.91 Å². The number of nitrogens with zero attached hydrogens (tertiary/aromatic N) is 3. The molecule has 0 aliphatic carbocycles. The van der Waals surface area contributed by atoms with Gasteiger partial charge < -0.3 is 10.2 Å². The van der Waals surface area contributed by atoms with E-state index in [-0.39, 0.29) is 23.7 Å². The van der Waals surface area contributed by atoms with Gasteiger partial charge in [-0.25, -0.2) is 4.39 Å². The maximum atomic E-state index is 13.4. The smallest absolute Gasteiger partial charge is 0.223 e. The van der Waals surface area contributed by atoms with Crippen LogP contribution < -0.4 is 5.32 Å². The van der Waals surface area contributed by atoms with Crippen molar-refractivity contribution in [3.8, 4) is 0 Å². The van der Waals surface area contributed by atoms with Gasteiger partial charge in [-0.15, -0.1) is 0 Å². The van der Waals surface area contributed by atoms with Gasteiger partial charge in [0, 0.05) is 50.8 Å². The van der Waals surface area contributed by atoms with Gasteiger partial charge in [0.25, 0.3) is 0 Å². The summed E-state index contributed by atoms with van der Waals surface area (Å²) in [7, 11) is 3.78. The molecule has 1 N–H and O–H groups in total. The number of likely N-dealkylation sites (tertiary alicyclic amines) is 1. The van der Waals surface area contributed by atoms with E-state index >= 15 is 0 Å². The second-order valence-electron chi connectivity index (χ2n) is 6.94. The van der Waals surface area contributed by atoms with Gasteiger partial charge in [-0.2, -0.15) is 5.10 Å². The molecule has 1 aliphatic rings. The van der Waals surface area contributed by atoms with Gasteiger partial charge in [0.05, 0.1) is 12.2 Å². The molecule has 25 heavy (non-hydrogen) atoms. The first-order valence-corrected chi connectivity index (χ1v) is 8.58. The van der Waals surface area contributed by atoms with Crippen molar-refractivity contribution in [3.63, 3.8) is 0 Å². The second-order valence-corrected chi connectivity index (χ2v) is 6.94. The zero-order chi connectivity index (χ0) is 18.1. The first-order valence-electron chi connectivity index (χ1n) is 8.58. The van der Waals surface area contributed by atoms with Crippen LogP contribution in [0.3, 0.4) is 0 Å². The summed E-state index contributed by atoms with van der Waals surface area (Å²) in [5, 5.41) is 7.75. The van der Waals surface area contributed by atoms with Crippen LogP contribution in [-0.4, -0.2) is 34.2 Å². The monoisotopic (exact) mass is 344 g/mol. The summed E-state index contributed by atoms with van der Waals surface area (Å²) in [5.74, 6) is 0.179. The van der Waals surface area contributed by atoms with E-state index in [1.165, 1.54) is 6.07 Å². The van der Waals surface area contributed by atoms with Crippen molar-refractivity contribution >= 4 is 5.91 Å². The van der Waals surface area contributed by atoms with Crippen LogP contribution in [0.2, 0.25) is 0 Å². The molecule has 0 saturated carbocycles. The maximum absolute atomic E-state index is 13.4. The van der Waals surface area contributed by atoms with Crippen molar-refractivity contribution in [2.24, 2.45) is 13.0 Å². The fourth-order valence-electron chi connectivity index (χ4n) is 3.62. The number of benzene rings is 1. The molecule has 1 aliphatic heterocycles. The highest BCUT2D eigenvalue weighted by molar-refractivity contribution is 5.79. The van der Waals surface area contributed by atoms with E-state index in [0.717, 1.165) is 23.4 Å². The summed E-state index contributed by atoms with van der Waals surface area (Å²) < 4.78 is 15.2. The van der Waals surface area contributed by atoms with Gasteiger partial charge in [-0.05, 0) is 31.0 Å². The van der Waals surface area contributed by atoms with Crippen molar-refractivity contribution in [3.05, 3.63) is 52.6 Å². The molecule has 6 heteroatoms. The van der Waals surface area contributed by atoms with Crippen molar-refractivity contribution in [2.45, 2.75) is 32.9 Å². The number of hydrogen-bond donors (Lipinski definition) is 1. The molecule has 1 aromatic heterocycles. The third-order valence-corrected chi connectivity index (χ3v) is 5.24. The van der Waals surface area contributed by atoms with Gasteiger partial charge >= 0.3 is 0 Å². The lowest BCUT2D eigenvalue weighted by atomic mass is 9.94. The Labute approximate surface area is 147 Å². The molecule has 0 bridgehead atoms. The molecule has 0 radical (unpaired) electrons. The number of carbonyl (C=O) groups is 1. The standard InChI is InChI=1S/C19H25FN4O/c1-12-7-14(5-6-17(12)20)9-21-10-15-8-18(25)23(3)19(15)16-11-22-24(4)13(16)2/h5-7,11,15,19,21H,8-10H2,1-4H3/t15-,19+/m1/s1. The van der Waals surface area contributed by atoms with Crippen molar-refractivity contribution in [1.29, 1.82) is 0 Å². The molecule has 1 amide bonds. The third kappa shape index (κ3) is 3.44. The van der Waals surface area contributed by atoms with Crippen LogP contribution in [0.15, 0.2) is 24.4 Å². The predicted molar refractivity (Wildman–Crippen MR) is 94.4 cm³/mol. The lowest BCUT2D eigenvalue weighted by molar-refractivity contribution is -0.127. The van der Waals surface area contributed by atoms with Crippen LogP contribution in [0, 0.1) is 25.6 Å². The molecule has 2 heterocycles. The fraction of sp³-hybridized carbons (Fsp3) is 0.474. The summed E-state index contributed by atoms with van der Waals surface area (Å²) in [6.45, 7) is 5.19. The molecule has 2 atom stereocenters. The predicted octanol–water partition coefficient (Wildman–Crippen LogP) is 2.49.